The summed E-state index contributed by atoms with van der Waals surface area (Å²) in [5, 5.41) is 13.5. The number of ether oxygens (including phenoxy) is 2. The first-order valence-electron chi connectivity index (χ1n) is 22.1. The summed E-state index contributed by atoms with van der Waals surface area (Å²) in [5.41, 5.74) is 9.72. The van der Waals surface area contributed by atoms with Crippen molar-refractivity contribution in [3.8, 4) is 11.5 Å². The predicted molar refractivity (Wildman–Crippen MR) is 257 cm³/mol. The third kappa shape index (κ3) is 16.3. The van der Waals surface area contributed by atoms with Crippen molar-refractivity contribution in [2.75, 3.05) is 52.5 Å². The zero-order valence-electron chi connectivity index (χ0n) is 36.5. The molecule has 13 heteroatoms. The second-order valence-corrected chi connectivity index (χ2v) is 16.8. The van der Waals surface area contributed by atoms with Gasteiger partial charge in [0.2, 0.25) is 5.91 Å². The Bertz CT molecular complexity index is 2270. The van der Waals surface area contributed by atoms with E-state index < -0.39 is 5.97 Å². The standard InChI is InChI=1S/C26H28ClN3O2.C14H19NO3.C12H11ClN2/c27-22-11-9-20(10-12-22)25(24-8-4-5-15-28-24)29-26(31)21-13-16-30(17-14-21)18-19-32-23-6-2-1-3-7-23;16-14(17)12-6-8-15(9-7-12)10-11-18-13-4-2-1-3-5-13;13-10-6-4-9(5-7-10)12(14)11-3-1-2-8-15-11/h1-12,15,21,25H,13-14,16-19H2,(H,29,31);1-5,12H,6-11H2,(H,16,17);1-8,12H,14H2. The van der Waals surface area contributed by atoms with Gasteiger partial charge < -0.3 is 25.6 Å². The number of aliphatic carboxylic acids is 1. The molecular weight excluding hydrogens is 860 g/mol. The normalized spacial score (nSPS) is 15.5. The largest absolute Gasteiger partial charge is 0.492 e. The molecule has 4 N–H and O–H groups in total. The van der Waals surface area contributed by atoms with Crippen LogP contribution in [0.2, 0.25) is 10.0 Å². The van der Waals surface area contributed by atoms with E-state index in [0.29, 0.717) is 23.3 Å². The van der Waals surface area contributed by atoms with Gasteiger partial charge in [-0.3, -0.25) is 29.4 Å². The number of carbonyl (C=O) groups is 2. The molecule has 2 aliphatic rings. The fourth-order valence-electron chi connectivity index (χ4n) is 7.63. The number of benzene rings is 4. The first-order valence-corrected chi connectivity index (χ1v) is 22.9. The van der Waals surface area contributed by atoms with Gasteiger partial charge in [-0.2, -0.15) is 0 Å². The van der Waals surface area contributed by atoms with Crippen LogP contribution in [0, 0.1) is 11.8 Å². The molecule has 2 fully saturated rings. The van der Waals surface area contributed by atoms with Crippen LogP contribution in [0.5, 0.6) is 11.5 Å². The molecule has 2 unspecified atom stereocenters. The number of piperidine rings is 2. The fraction of sp³-hybridized carbons (Fsp3) is 0.308. The maximum atomic E-state index is 13.1. The second-order valence-electron chi connectivity index (χ2n) is 15.9. The van der Waals surface area contributed by atoms with E-state index in [-0.39, 0.29) is 29.8 Å². The number of likely N-dealkylation sites (tertiary alicyclic amines) is 2. The van der Waals surface area contributed by atoms with Crippen molar-refractivity contribution in [1.29, 1.82) is 0 Å². The van der Waals surface area contributed by atoms with Gasteiger partial charge in [-0.25, -0.2) is 0 Å². The first kappa shape index (κ1) is 48.6. The number of nitrogens with two attached hydrogens (primary N) is 1. The molecule has 2 atom stereocenters. The summed E-state index contributed by atoms with van der Waals surface area (Å²) in [7, 11) is 0. The van der Waals surface area contributed by atoms with Crippen molar-refractivity contribution in [1.82, 2.24) is 25.1 Å². The number of hydrogen-bond donors (Lipinski definition) is 3. The minimum atomic E-state index is -0.657. The van der Waals surface area contributed by atoms with E-state index in [9.17, 15) is 9.59 Å². The smallest absolute Gasteiger partial charge is 0.306 e. The molecule has 340 valence electrons. The number of amides is 1. The Morgan fingerprint density at radius 1 is 0.600 bits per heavy atom. The molecule has 0 aliphatic carbocycles. The average Bonchev–Trinajstić information content (AvgIpc) is 3.35. The van der Waals surface area contributed by atoms with Crippen LogP contribution in [-0.4, -0.2) is 89.2 Å². The molecule has 8 rings (SSSR count). The number of aromatic nitrogens is 2. The minimum Gasteiger partial charge on any atom is -0.492 e. The van der Waals surface area contributed by atoms with Crippen LogP contribution in [0.15, 0.2) is 158 Å². The number of nitrogens with zero attached hydrogens (tertiary/aromatic N) is 4. The highest BCUT2D eigenvalue weighted by Gasteiger charge is 2.28. The van der Waals surface area contributed by atoms with Gasteiger partial charge in [-0.05, 0) is 136 Å². The topological polar surface area (TPSA) is 143 Å². The van der Waals surface area contributed by atoms with E-state index >= 15 is 0 Å². The molecule has 0 bridgehead atoms. The molecule has 2 saturated heterocycles. The van der Waals surface area contributed by atoms with Crippen LogP contribution >= 0.6 is 23.2 Å². The number of carbonyl (C=O) groups excluding carboxylic acids is 1. The van der Waals surface area contributed by atoms with E-state index in [4.69, 9.17) is 43.5 Å². The summed E-state index contributed by atoms with van der Waals surface area (Å²) in [5.74, 6) is 1.05. The lowest BCUT2D eigenvalue weighted by atomic mass is 9.94. The number of para-hydroxylation sites is 2. The predicted octanol–water partition coefficient (Wildman–Crippen LogP) is 9.38. The van der Waals surface area contributed by atoms with Crippen LogP contribution in [0.25, 0.3) is 0 Å². The lowest BCUT2D eigenvalue weighted by Crippen LogP contribution is -2.42. The number of rotatable bonds is 15. The van der Waals surface area contributed by atoms with E-state index in [1.807, 2.05) is 146 Å². The average molecular weight is 918 g/mol. The maximum Gasteiger partial charge on any atom is 0.306 e. The Kier molecular flexibility index (Phi) is 19.6. The van der Waals surface area contributed by atoms with Crippen LogP contribution in [0.3, 0.4) is 0 Å². The van der Waals surface area contributed by atoms with Gasteiger partial charge >= 0.3 is 5.97 Å². The number of pyridine rings is 2. The lowest BCUT2D eigenvalue weighted by Gasteiger charge is -2.32. The highest BCUT2D eigenvalue weighted by molar-refractivity contribution is 6.30. The van der Waals surface area contributed by atoms with E-state index in [1.54, 1.807) is 12.4 Å². The molecule has 2 aliphatic heterocycles. The Balaban J connectivity index is 0.000000178. The first-order chi connectivity index (χ1) is 31.7. The number of halogens is 2. The number of nitrogens with one attached hydrogen (secondary N) is 1. The number of hydrogen-bond acceptors (Lipinski definition) is 9. The van der Waals surface area contributed by atoms with Crippen molar-refractivity contribution in [2.24, 2.45) is 17.6 Å². The fourth-order valence-corrected chi connectivity index (χ4v) is 7.88. The molecule has 4 aromatic carbocycles. The summed E-state index contributed by atoms with van der Waals surface area (Å²) in [6.45, 7) is 6.54. The second kappa shape index (κ2) is 26.2. The Morgan fingerprint density at radius 3 is 1.48 bits per heavy atom. The van der Waals surface area contributed by atoms with E-state index in [0.717, 1.165) is 99.0 Å². The van der Waals surface area contributed by atoms with Crippen LogP contribution < -0.4 is 20.5 Å². The third-order valence-corrected chi connectivity index (χ3v) is 11.9. The zero-order valence-corrected chi connectivity index (χ0v) is 38.0. The van der Waals surface area contributed by atoms with Gasteiger partial charge in [0.15, 0.2) is 0 Å². The molecule has 2 aromatic heterocycles. The zero-order chi connectivity index (χ0) is 45.6. The van der Waals surface area contributed by atoms with Gasteiger partial charge in [-0.1, -0.05) is 96.0 Å². The monoisotopic (exact) mass is 916 g/mol. The molecule has 0 spiro atoms. The van der Waals surface area contributed by atoms with Crippen LogP contribution in [0.4, 0.5) is 0 Å². The molecule has 6 aromatic rings. The van der Waals surface area contributed by atoms with Crippen LogP contribution in [-0.2, 0) is 9.59 Å². The van der Waals surface area contributed by atoms with Gasteiger partial charge in [0, 0.05) is 41.4 Å². The molecule has 11 nitrogen and oxygen atoms in total. The van der Waals surface area contributed by atoms with E-state index in [1.165, 1.54) is 0 Å². The summed E-state index contributed by atoms with van der Waals surface area (Å²) in [4.78, 5) is 37.3. The Hall–Kier alpha value is -5.82. The van der Waals surface area contributed by atoms with Gasteiger partial charge in [0.05, 0.1) is 29.4 Å². The van der Waals surface area contributed by atoms with Crippen molar-refractivity contribution >= 4 is 35.1 Å². The molecule has 4 heterocycles. The van der Waals surface area contributed by atoms with E-state index in [2.05, 4.69) is 25.1 Å². The van der Waals surface area contributed by atoms with Gasteiger partial charge in [0.1, 0.15) is 24.7 Å². The van der Waals surface area contributed by atoms with Gasteiger partial charge in [-0.15, -0.1) is 0 Å². The Labute approximate surface area is 392 Å². The molecular formula is C52H58Cl2N6O5. The SMILES string of the molecule is NC(c1ccc(Cl)cc1)c1ccccn1.O=C(NC(c1ccc(Cl)cc1)c1ccccn1)C1CCN(CCOc2ccccc2)CC1.O=C(O)C1CCN(CCOc2ccccc2)CC1. The highest BCUT2D eigenvalue weighted by atomic mass is 35.5. The maximum absolute atomic E-state index is 13.1. The Morgan fingerprint density at radius 2 is 1.03 bits per heavy atom. The van der Waals surface area contributed by atoms with Gasteiger partial charge in [0.25, 0.3) is 0 Å². The third-order valence-electron chi connectivity index (χ3n) is 11.4. The van der Waals surface area contributed by atoms with Crippen molar-refractivity contribution in [3.63, 3.8) is 0 Å². The number of carboxylic acid groups (broad SMARTS) is 1. The summed E-state index contributed by atoms with van der Waals surface area (Å²) in [6, 6.07) is 45.7. The summed E-state index contributed by atoms with van der Waals surface area (Å²) >= 11 is 11.9. The van der Waals surface area contributed by atoms with Crippen molar-refractivity contribution < 1.29 is 24.2 Å². The lowest BCUT2D eigenvalue weighted by molar-refractivity contribution is -0.143. The molecule has 0 radical (unpaired) electrons. The van der Waals surface area contributed by atoms with Crippen molar-refractivity contribution in [3.05, 3.63) is 191 Å². The molecule has 0 saturated carbocycles. The molecule has 1 amide bonds. The van der Waals surface area contributed by atoms with Crippen molar-refractivity contribution in [2.45, 2.75) is 37.8 Å². The summed E-state index contributed by atoms with van der Waals surface area (Å²) < 4.78 is 11.4. The quantitative estimate of drug-likeness (QED) is 0.0912. The summed E-state index contributed by atoms with van der Waals surface area (Å²) in [6.07, 6.45) is 6.67. The molecule has 65 heavy (non-hydrogen) atoms. The highest BCUT2D eigenvalue weighted by Crippen LogP contribution is 2.25. The number of carboxylic acids is 1. The van der Waals surface area contributed by atoms with Crippen LogP contribution in [0.1, 0.15) is 60.3 Å². The minimum absolute atomic E-state index is 0.000181.